The van der Waals surface area contributed by atoms with Crippen LogP contribution in [0.4, 0.5) is 0 Å². The molecule has 1 fully saturated rings. The fourth-order valence-electron chi connectivity index (χ4n) is 3.28. The topological polar surface area (TPSA) is 74.6 Å². The number of rotatable bonds is 4. The zero-order valence-electron chi connectivity index (χ0n) is 12.6. The van der Waals surface area contributed by atoms with Crippen LogP contribution in [-0.2, 0) is 9.59 Å². The Kier molecular flexibility index (Phi) is 3.80. The number of carboxylic acid groups (broad SMARTS) is 2. The Morgan fingerprint density at radius 2 is 1.87 bits per heavy atom. The molecule has 1 aromatic carbocycles. The van der Waals surface area contributed by atoms with Crippen molar-refractivity contribution < 1.29 is 19.8 Å². The molecule has 0 heterocycles. The molecular formula is C18H17ClO4. The number of hydrogen-bond acceptors (Lipinski definition) is 2. The Balaban J connectivity index is 2.21. The lowest BCUT2D eigenvalue weighted by Gasteiger charge is -2.36. The number of hydrogen-bond donors (Lipinski definition) is 2. The molecule has 2 atom stereocenters. The van der Waals surface area contributed by atoms with Crippen molar-refractivity contribution >= 4 is 23.5 Å². The molecule has 23 heavy (non-hydrogen) atoms. The maximum absolute atomic E-state index is 12.0. The van der Waals surface area contributed by atoms with Crippen LogP contribution < -0.4 is 0 Å². The number of aliphatic carboxylic acids is 2. The van der Waals surface area contributed by atoms with E-state index in [0.29, 0.717) is 10.6 Å². The van der Waals surface area contributed by atoms with Crippen LogP contribution in [0.1, 0.15) is 31.2 Å². The van der Waals surface area contributed by atoms with Gasteiger partial charge in [0.15, 0.2) is 0 Å². The summed E-state index contributed by atoms with van der Waals surface area (Å²) in [6, 6.07) is 6.82. The van der Waals surface area contributed by atoms with Crippen molar-refractivity contribution in [3.05, 3.63) is 58.1 Å². The molecule has 2 unspecified atom stereocenters. The molecule has 0 spiro atoms. The summed E-state index contributed by atoms with van der Waals surface area (Å²) >= 11 is 6.24. The third kappa shape index (κ3) is 2.68. The zero-order chi connectivity index (χ0) is 16.8. The highest BCUT2D eigenvalue weighted by molar-refractivity contribution is 6.31. The first-order valence-corrected chi connectivity index (χ1v) is 7.88. The molecule has 0 saturated heterocycles. The van der Waals surface area contributed by atoms with Crippen LogP contribution >= 0.6 is 11.6 Å². The standard InChI is InChI=1S/C18H17ClO4/c1-18(17(22)23)9-11(10-6-7-10)8-13(16(20)21)15(18)12-4-2-3-5-14(12)19/h2-5,8-10,15H,6-7H2,1H3,(H,20,21)(H,22,23). The van der Waals surface area contributed by atoms with Gasteiger partial charge in [-0.1, -0.05) is 35.9 Å². The Hall–Kier alpha value is -2.07. The molecule has 4 nitrogen and oxygen atoms in total. The van der Waals surface area contributed by atoms with Crippen LogP contribution in [0.15, 0.2) is 47.6 Å². The lowest BCUT2D eigenvalue weighted by Crippen LogP contribution is -2.38. The van der Waals surface area contributed by atoms with Crippen molar-refractivity contribution in [1.82, 2.24) is 0 Å². The predicted octanol–water partition coefficient (Wildman–Crippen LogP) is 3.88. The van der Waals surface area contributed by atoms with E-state index in [1.165, 1.54) is 0 Å². The third-order valence-corrected chi connectivity index (χ3v) is 5.02. The van der Waals surface area contributed by atoms with Crippen molar-refractivity contribution in [2.75, 3.05) is 0 Å². The summed E-state index contributed by atoms with van der Waals surface area (Å²) in [7, 11) is 0. The van der Waals surface area contributed by atoms with E-state index in [-0.39, 0.29) is 11.5 Å². The summed E-state index contributed by atoms with van der Waals surface area (Å²) in [4.78, 5) is 23.8. The quantitative estimate of drug-likeness (QED) is 0.877. The lowest BCUT2D eigenvalue weighted by atomic mass is 9.65. The summed E-state index contributed by atoms with van der Waals surface area (Å²) < 4.78 is 0. The molecule has 0 radical (unpaired) electrons. The predicted molar refractivity (Wildman–Crippen MR) is 86.5 cm³/mol. The Morgan fingerprint density at radius 1 is 1.22 bits per heavy atom. The maximum atomic E-state index is 12.0. The first-order valence-electron chi connectivity index (χ1n) is 7.50. The van der Waals surface area contributed by atoms with Crippen molar-refractivity contribution in [1.29, 1.82) is 0 Å². The van der Waals surface area contributed by atoms with E-state index >= 15 is 0 Å². The number of halogens is 1. The monoisotopic (exact) mass is 332 g/mol. The first-order chi connectivity index (χ1) is 10.8. The van der Waals surface area contributed by atoms with Crippen LogP contribution in [0.2, 0.25) is 5.02 Å². The summed E-state index contributed by atoms with van der Waals surface area (Å²) in [5.41, 5.74) is 0.0904. The summed E-state index contributed by atoms with van der Waals surface area (Å²) in [6.45, 7) is 1.57. The molecule has 0 aliphatic heterocycles. The lowest BCUT2D eigenvalue weighted by molar-refractivity contribution is -0.146. The molecule has 2 aliphatic carbocycles. The average Bonchev–Trinajstić information content (AvgIpc) is 3.32. The van der Waals surface area contributed by atoms with Crippen molar-refractivity contribution in [3.8, 4) is 0 Å². The second kappa shape index (κ2) is 5.53. The van der Waals surface area contributed by atoms with Crippen LogP contribution in [0, 0.1) is 11.3 Å². The molecule has 0 bridgehead atoms. The fourth-order valence-corrected chi connectivity index (χ4v) is 3.52. The van der Waals surface area contributed by atoms with Gasteiger partial charge in [-0.2, -0.15) is 0 Å². The average molecular weight is 333 g/mol. The van der Waals surface area contributed by atoms with Gasteiger partial charge in [-0.3, -0.25) is 4.79 Å². The SMILES string of the molecule is CC1(C(=O)O)C=C(C2CC2)C=C(C(=O)O)C1c1ccccc1Cl. The normalized spacial score (nSPS) is 27.1. The van der Waals surface area contributed by atoms with E-state index in [1.807, 2.05) is 0 Å². The molecule has 1 aromatic rings. The van der Waals surface area contributed by atoms with Gasteiger partial charge in [-0.25, -0.2) is 4.79 Å². The minimum absolute atomic E-state index is 0.0902. The Labute approximate surface area is 139 Å². The summed E-state index contributed by atoms with van der Waals surface area (Å²) in [5.74, 6) is -2.70. The van der Waals surface area contributed by atoms with Crippen LogP contribution in [0.5, 0.6) is 0 Å². The largest absolute Gasteiger partial charge is 0.481 e. The molecule has 120 valence electrons. The summed E-state index contributed by atoms with van der Waals surface area (Å²) in [5, 5.41) is 19.9. The van der Waals surface area contributed by atoms with E-state index in [1.54, 1.807) is 43.3 Å². The van der Waals surface area contributed by atoms with Gasteiger partial charge in [-0.15, -0.1) is 0 Å². The summed E-state index contributed by atoms with van der Waals surface area (Å²) in [6.07, 6.45) is 5.30. The molecule has 2 N–H and O–H groups in total. The fraction of sp³-hybridized carbons (Fsp3) is 0.333. The Morgan fingerprint density at radius 3 is 2.39 bits per heavy atom. The second-order valence-electron chi connectivity index (χ2n) is 6.37. The second-order valence-corrected chi connectivity index (χ2v) is 6.77. The van der Waals surface area contributed by atoms with Gasteiger partial charge in [-0.05, 0) is 49.0 Å². The molecule has 0 amide bonds. The van der Waals surface area contributed by atoms with Gasteiger partial charge in [0, 0.05) is 16.5 Å². The van der Waals surface area contributed by atoms with Gasteiger partial charge in [0.25, 0.3) is 0 Å². The van der Waals surface area contributed by atoms with E-state index < -0.39 is 23.3 Å². The van der Waals surface area contributed by atoms with Crippen LogP contribution in [0.25, 0.3) is 0 Å². The molecule has 5 heteroatoms. The van der Waals surface area contributed by atoms with E-state index in [0.717, 1.165) is 18.4 Å². The minimum atomic E-state index is -1.34. The molecule has 2 aliphatic rings. The smallest absolute Gasteiger partial charge is 0.332 e. The highest BCUT2D eigenvalue weighted by Gasteiger charge is 2.48. The maximum Gasteiger partial charge on any atom is 0.332 e. The highest BCUT2D eigenvalue weighted by Crippen LogP contribution is 2.51. The van der Waals surface area contributed by atoms with Crippen molar-refractivity contribution in [2.24, 2.45) is 11.3 Å². The number of carbonyl (C=O) groups is 2. The van der Waals surface area contributed by atoms with E-state index in [9.17, 15) is 19.8 Å². The van der Waals surface area contributed by atoms with Gasteiger partial charge in [0.2, 0.25) is 0 Å². The molecule has 3 rings (SSSR count). The third-order valence-electron chi connectivity index (χ3n) is 4.67. The first kappa shape index (κ1) is 15.8. The molecule has 1 saturated carbocycles. The van der Waals surface area contributed by atoms with Gasteiger partial charge in [0.1, 0.15) is 0 Å². The molecule has 0 aromatic heterocycles. The van der Waals surface area contributed by atoms with Crippen LogP contribution in [-0.4, -0.2) is 22.2 Å². The van der Waals surface area contributed by atoms with Gasteiger partial charge in [0.05, 0.1) is 5.41 Å². The van der Waals surface area contributed by atoms with Crippen LogP contribution in [0.3, 0.4) is 0 Å². The molecular weight excluding hydrogens is 316 g/mol. The number of benzene rings is 1. The van der Waals surface area contributed by atoms with E-state index in [4.69, 9.17) is 11.6 Å². The minimum Gasteiger partial charge on any atom is -0.481 e. The highest BCUT2D eigenvalue weighted by atomic mass is 35.5. The Bertz CT molecular complexity index is 745. The number of allylic oxidation sites excluding steroid dienone is 2. The van der Waals surface area contributed by atoms with E-state index in [2.05, 4.69) is 0 Å². The number of carboxylic acids is 2. The van der Waals surface area contributed by atoms with Gasteiger partial charge < -0.3 is 10.2 Å². The van der Waals surface area contributed by atoms with Gasteiger partial charge >= 0.3 is 11.9 Å². The van der Waals surface area contributed by atoms with Crippen molar-refractivity contribution in [3.63, 3.8) is 0 Å². The zero-order valence-corrected chi connectivity index (χ0v) is 13.4. The van der Waals surface area contributed by atoms with Crippen molar-refractivity contribution in [2.45, 2.75) is 25.7 Å².